The minimum absolute atomic E-state index is 0.285. The van der Waals surface area contributed by atoms with Gasteiger partial charge in [0.25, 0.3) is 0 Å². The quantitative estimate of drug-likeness (QED) is 0.246. The number of anilines is 1. The summed E-state index contributed by atoms with van der Waals surface area (Å²) in [7, 11) is -1.13. The van der Waals surface area contributed by atoms with Crippen molar-refractivity contribution in [3.05, 3.63) is 103 Å². The molecule has 3 amide bonds. The van der Waals surface area contributed by atoms with Crippen molar-refractivity contribution >= 4 is 28.8 Å². The highest BCUT2D eigenvalue weighted by Crippen LogP contribution is 2.28. The van der Waals surface area contributed by atoms with Gasteiger partial charge in [-0.05, 0) is 48.4 Å². The zero-order valence-electron chi connectivity index (χ0n) is 21.4. The number of benzene rings is 3. The van der Waals surface area contributed by atoms with E-state index in [0.717, 1.165) is 17.7 Å². The van der Waals surface area contributed by atoms with Gasteiger partial charge in [-0.1, -0.05) is 42.5 Å². The minimum atomic E-state index is -5.01. The Morgan fingerprint density at radius 3 is 2.37 bits per heavy atom. The average Bonchev–Trinajstić information content (AvgIpc) is 3.43. The van der Waals surface area contributed by atoms with Crippen molar-refractivity contribution in [1.82, 2.24) is 19.6 Å². The van der Waals surface area contributed by atoms with Crippen molar-refractivity contribution in [3.8, 4) is 11.4 Å². The topological polar surface area (TPSA) is 124 Å². The highest BCUT2D eigenvalue weighted by atomic mass is 32.2. The lowest BCUT2D eigenvalue weighted by Gasteiger charge is -2.21. The molecule has 1 heterocycles. The van der Waals surface area contributed by atoms with Gasteiger partial charge in [0.15, 0.2) is 11.0 Å². The van der Waals surface area contributed by atoms with Crippen molar-refractivity contribution in [1.29, 1.82) is 0 Å². The summed E-state index contributed by atoms with van der Waals surface area (Å²) in [5, 5.41) is 5.29. The Bertz CT molecular complexity index is 1510. The highest BCUT2D eigenvalue weighted by molar-refractivity contribution is 7.83. The molecule has 2 atom stereocenters. The summed E-state index contributed by atoms with van der Waals surface area (Å²) >= 11 is 0. The van der Waals surface area contributed by atoms with E-state index in [4.69, 9.17) is 0 Å². The van der Waals surface area contributed by atoms with Crippen LogP contribution in [0, 0.1) is 0 Å². The maximum Gasteiger partial charge on any atom is 0.573 e. The van der Waals surface area contributed by atoms with Crippen LogP contribution in [0.25, 0.3) is 5.69 Å². The van der Waals surface area contributed by atoms with Crippen LogP contribution in [-0.2, 0) is 22.1 Å². The van der Waals surface area contributed by atoms with Crippen molar-refractivity contribution in [2.75, 3.05) is 12.4 Å². The Balaban J connectivity index is 1.57. The van der Waals surface area contributed by atoms with Crippen molar-refractivity contribution in [2.45, 2.75) is 23.7 Å². The second kappa shape index (κ2) is 13.0. The molecule has 0 radical (unpaired) electrons. The third-order valence-electron chi connectivity index (χ3n) is 5.61. The number of aromatic nitrogens is 2. The van der Waals surface area contributed by atoms with Gasteiger partial charge < -0.3 is 19.4 Å². The monoisotopic (exact) mass is 587 g/mol. The molecule has 0 saturated heterocycles. The Hall–Kier alpha value is -4.85. The Labute approximate surface area is 235 Å². The van der Waals surface area contributed by atoms with E-state index in [1.807, 2.05) is 30.3 Å². The summed E-state index contributed by atoms with van der Waals surface area (Å²) in [6.45, 7) is 0. The summed E-state index contributed by atoms with van der Waals surface area (Å²) < 4.78 is 63.7. The number of hydrogen-bond donors (Lipinski definition) is 3. The lowest BCUT2D eigenvalue weighted by atomic mass is 10.1. The van der Waals surface area contributed by atoms with E-state index in [1.165, 1.54) is 25.4 Å². The van der Waals surface area contributed by atoms with Crippen LogP contribution in [0.15, 0.2) is 96.2 Å². The van der Waals surface area contributed by atoms with Crippen LogP contribution in [0.4, 0.5) is 28.4 Å². The molecule has 3 N–H and O–H groups in total. The fourth-order valence-electron chi connectivity index (χ4n) is 3.86. The number of ether oxygens (including phenoxy) is 2. The molecule has 214 valence electrons. The smallest absolute Gasteiger partial charge is 0.453 e. The molecule has 10 nitrogen and oxygen atoms in total. The van der Waals surface area contributed by atoms with E-state index in [2.05, 4.69) is 29.8 Å². The number of methoxy groups -OCH3 is 1. The molecule has 0 aliphatic rings. The molecule has 1 aromatic heterocycles. The zero-order valence-corrected chi connectivity index (χ0v) is 22.2. The van der Waals surface area contributed by atoms with Crippen molar-refractivity contribution in [3.63, 3.8) is 0 Å². The molecular weight excluding hydrogens is 563 g/mol. The average molecular weight is 588 g/mol. The molecule has 4 aromatic rings. The number of imidazole rings is 1. The van der Waals surface area contributed by atoms with E-state index in [0.29, 0.717) is 17.2 Å². The van der Waals surface area contributed by atoms with Crippen LogP contribution < -0.4 is 20.1 Å². The van der Waals surface area contributed by atoms with E-state index in [1.54, 1.807) is 35.0 Å². The molecule has 0 saturated carbocycles. The number of carbonyl (C=O) groups is 2. The normalized spacial score (nSPS) is 12.6. The Morgan fingerprint density at radius 2 is 1.68 bits per heavy atom. The number of carbonyl (C=O) groups excluding carboxylic acids is 2. The standard InChI is InChI=1S/C27H24F3N5O5S/c1-39-26(37)32-19-11-13-20(14-12-19)35-16-15-31-24(35)21(17-18-7-3-2-4-8-18)33-25(36)34-41(38)23-10-6-5-9-22(23)40-27(28,29)30/h2-16,21H,17H2,1H3,(H,32,37)(H2,33,34,36). The van der Waals surface area contributed by atoms with Gasteiger partial charge in [0.05, 0.1) is 13.2 Å². The maximum atomic E-state index is 13.0. The van der Waals surface area contributed by atoms with Crippen molar-refractivity contribution in [2.24, 2.45) is 0 Å². The van der Waals surface area contributed by atoms with Gasteiger partial charge >= 0.3 is 18.5 Å². The SMILES string of the molecule is COC(=O)Nc1ccc(-n2ccnc2C(Cc2ccccc2)NC(=O)NS(=O)c2ccccc2OC(F)(F)F)cc1. The van der Waals surface area contributed by atoms with E-state index in [9.17, 15) is 27.0 Å². The molecular formula is C27H24F3N5O5S. The van der Waals surface area contributed by atoms with Crippen LogP contribution in [0.3, 0.4) is 0 Å². The first-order chi connectivity index (χ1) is 19.6. The summed E-state index contributed by atoms with van der Waals surface area (Å²) in [6.07, 6.45) is -2.12. The molecule has 0 aliphatic carbocycles. The molecule has 0 spiro atoms. The summed E-state index contributed by atoms with van der Waals surface area (Å²) in [6, 6.07) is 19.1. The predicted molar refractivity (Wildman–Crippen MR) is 144 cm³/mol. The third-order valence-corrected chi connectivity index (χ3v) is 6.71. The van der Waals surface area contributed by atoms with Gasteiger partial charge in [0.2, 0.25) is 0 Å². The molecule has 2 unspecified atom stereocenters. The van der Waals surface area contributed by atoms with Gasteiger partial charge in [-0.2, -0.15) is 0 Å². The van der Waals surface area contributed by atoms with E-state index in [-0.39, 0.29) is 11.3 Å². The van der Waals surface area contributed by atoms with Crippen LogP contribution in [0.5, 0.6) is 5.75 Å². The molecule has 0 bridgehead atoms. The number of nitrogens with one attached hydrogen (secondary N) is 3. The molecule has 14 heteroatoms. The highest BCUT2D eigenvalue weighted by Gasteiger charge is 2.33. The van der Waals surface area contributed by atoms with E-state index >= 15 is 0 Å². The van der Waals surface area contributed by atoms with Gasteiger partial charge in [-0.3, -0.25) is 10.0 Å². The second-order valence-electron chi connectivity index (χ2n) is 8.40. The number of para-hydroxylation sites is 1. The predicted octanol–water partition coefficient (Wildman–Crippen LogP) is 5.26. The summed E-state index contributed by atoms with van der Waals surface area (Å²) in [4.78, 5) is 28.5. The first-order valence-electron chi connectivity index (χ1n) is 12.0. The number of rotatable bonds is 9. The minimum Gasteiger partial charge on any atom is -0.453 e. The second-order valence-corrected chi connectivity index (χ2v) is 9.58. The number of amides is 3. The fraction of sp³-hybridized carbons (Fsp3) is 0.148. The van der Waals surface area contributed by atoms with Crippen LogP contribution >= 0.6 is 0 Å². The number of nitrogens with zero attached hydrogens (tertiary/aromatic N) is 2. The van der Waals surface area contributed by atoms with Crippen LogP contribution in [0.1, 0.15) is 17.4 Å². The first kappa shape index (κ1) is 29.1. The van der Waals surface area contributed by atoms with Gasteiger partial charge in [0, 0.05) is 23.8 Å². The molecule has 41 heavy (non-hydrogen) atoms. The summed E-state index contributed by atoms with van der Waals surface area (Å²) in [5.74, 6) is -0.274. The largest absolute Gasteiger partial charge is 0.573 e. The van der Waals surface area contributed by atoms with Gasteiger partial charge in [-0.25, -0.2) is 18.8 Å². The first-order valence-corrected chi connectivity index (χ1v) is 13.1. The number of hydrogen-bond acceptors (Lipinski definition) is 6. The molecule has 4 rings (SSSR count). The Kier molecular flexibility index (Phi) is 9.24. The van der Waals surface area contributed by atoms with Gasteiger partial charge in [-0.15, -0.1) is 13.2 Å². The Morgan fingerprint density at radius 1 is 1.00 bits per heavy atom. The summed E-state index contributed by atoms with van der Waals surface area (Å²) in [5.41, 5.74) is 2.02. The fourth-order valence-corrected chi connectivity index (χ4v) is 4.69. The number of alkyl halides is 3. The lowest BCUT2D eigenvalue weighted by Crippen LogP contribution is -2.40. The van der Waals surface area contributed by atoms with Crippen molar-refractivity contribution < 1.29 is 36.4 Å². The zero-order chi connectivity index (χ0) is 29.4. The molecule has 0 fully saturated rings. The van der Waals surface area contributed by atoms with Gasteiger partial charge in [0.1, 0.15) is 16.5 Å². The lowest BCUT2D eigenvalue weighted by molar-refractivity contribution is -0.275. The maximum absolute atomic E-state index is 13.0. The third kappa shape index (κ3) is 8.08. The number of urea groups is 1. The van der Waals surface area contributed by atoms with Crippen LogP contribution in [-0.4, -0.2) is 39.4 Å². The molecule has 3 aromatic carbocycles. The number of halogens is 3. The molecule has 0 aliphatic heterocycles. The van der Waals surface area contributed by atoms with E-state index < -0.39 is 41.3 Å². The van der Waals surface area contributed by atoms with Crippen LogP contribution in [0.2, 0.25) is 0 Å².